The molecule has 3 rings (SSSR count). The molecule has 0 spiro atoms. The van der Waals surface area contributed by atoms with Crippen LogP contribution in [0.2, 0.25) is 0 Å². The number of aryl methyl sites for hydroxylation is 2. The third-order valence-corrected chi connectivity index (χ3v) is 4.02. The lowest BCUT2D eigenvalue weighted by Gasteiger charge is -2.05. The number of furan rings is 1. The molecule has 5 nitrogen and oxygen atoms in total. The smallest absolute Gasteiger partial charge is 0.260 e. The molecule has 0 unspecified atom stereocenters. The van der Waals surface area contributed by atoms with Crippen LogP contribution in [0.25, 0.3) is 5.65 Å². The summed E-state index contributed by atoms with van der Waals surface area (Å²) < 4.78 is 7.98. The van der Waals surface area contributed by atoms with Gasteiger partial charge < -0.3 is 14.1 Å². The van der Waals surface area contributed by atoms with Crippen LogP contribution in [0.5, 0.6) is 0 Å². The zero-order valence-corrected chi connectivity index (χ0v) is 12.6. The first-order valence-electron chi connectivity index (χ1n) is 6.06. The Balaban J connectivity index is 1.91. The van der Waals surface area contributed by atoms with Crippen LogP contribution in [0.1, 0.15) is 21.9 Å². The summed E-state index contributed by atoms with van der Waals surface area (Å²) in [6.45, 7) is 3.58. The Hall–Kier alpha value is -2.08. The van der Waals surface area contributed by atoms with Crippen molar-refractivity contribution in [2.45, 2.75) is 13.8 Å². The van der Waals surface area contributed by atoms with Crippen LogP contribution in [0.4, 0.5) is 5.69 Å². The van der Waals surface area contributed by atoms with Gasteiger partial charge in [0.2, 0.25) is 0 Å². The molecule has 0 saturated heterocycles. The van der Waals surface area contributed by atoms with Gasteiger partial charge in [-0.3, -0.25) is 4.79 Å². The maximum atomic E-state index is 12.3. The van der Waals surface area contributed by atoms with Crippen molar-refractivity contribution in [2.24, 2.45) is 0 Å². The van der Waals surface area contributed by atoms with Crippen molar-refractivity contribution in [1.29, 1.82) is 0 Å². The Kier molecular flexibility index (Phi) is 3.10. The van der Waals surface area contributed by atoms with Gasteiger partial charge in [-0.15, -0.1) is 0 Å². The number of amides is 1. The van der Waals surface area contributed by atoms with Crippen molar-refractivity contribution < 1.29 is 9.21 Å². The van der Waals surface area contributed by atoms with Crippen LogP contribution >= 0.6 is 15.9 Å². The van der Waals surface area contributed by atoms with Gasteiger partial charge in [-0.1, -0.05) is 0 Å². The van der Waals surface area contributed by atoms with Crippen molar-refractivity contribution in [3.63, 3.8) is 0 Å². The third kappa shape index (κ3) is 2.12. The summed E-state index contributed by atoms with van der Waals surface area (Å²) in [5.41, 5.74) is 2.05. The highest BCUT2D eigenvalue weighted by Gasteiger charge is 2.19. The zero-order valence-electron chi connectivity index (χ0n) is 11.0. The molecule has 0 aliphatic rings. The minimum absolute atomic E-state index is 0.203. The fourth-order valence-corrected chi connectivity index (χ4v) is 2.64. The maximum Gasteiger partial charge on any atom is 0.260 e. The number of nitrogens with one attached hydrogen (secondary N) is 1. The predicted octanol–water partition coefficient (Wildman–Crippen LogP) is 3.56. The van der Waals surface area contributed by atoms with Crippen LogP contribution in [-0.2, 0) is 0 Å². The van der Waals surface area contributed by atoms with Crippen LogP contribution in [0.3, 0.4) is 0 Å². The molecule has 3 heterocycles. The summed E-state index contributed by atoms with van der Waals surface area (Å²) in [5, 5.41) is 2.86. The fraction of sp³-hybridized carbons (Fsp3) is 0.143. The van der Waals surface area contributed by atoms with Gasteiger partial charge in [0.1, 0.15) is 17.2 Å². The van der Waals surface area contributed by atoms with E-state index in [-0.39, 0.29) is 5.91 Å². The number of hydrogen-bond acceptors (Lipinski definition) is 3. The van der Waals surface area contributed by atoms with Gasteiger partial charge in [0.25, 0.3) is 5.91 Å². The molecular weight excluding hydrogens is 322 g/mol. The Bertz CT molecular complexity index is 804. The molecule has 102 valence electrons. The van der Waals surface area contributed by atoms with Crippen molar-refractivity contribution in [3.05, 3.63) is 52.3 Å². The van der Waals surface area contributed by atoms with E-state index in [4.69, 9.17) is 4.42 Å². The van der Waals surface area contributed by atoms with E-state index in [2.05, 4.69) is 26.2 Å². The highest BCUT2D eigenvalue weighted by molar-refractivity contribution is 9.10. The number of halogens is 1. The summed E-state index contributed by atoms with van der Waals surface area (Å²) in [5.74, 6) is 1.08. The van der Waals surface area contributed by atoms with Gasteiger partial charge in [0, 0.05) is 18.6 Å². The Labute approximate surface area is 123 Å². The number of aromatic nitrogens is 2. The normalized spacial score (nSPS) is 10.9. The minimum Gasteiger partial charge on any atom is -0.465 e. The predicted molar refractivity (Wildman–Crippen MR) is 79.0 cm³/mol. The second-order valence-electron chi connectivity index (χ2n) is 4.47. The first kappa shape index (κ1) is 12.9. The van der Waals surface area contributed by atoms with Gasteiger partial charge in [-0.25, -0.2) is 4.98 Å². The van der Waals surface area contributed by atoms with E-state index in [1.807, 2.05) is 35.9 Å². The van der Waals surface area contributed by atoms with Crippen molar-refractivity contribution in [1.82, 2.24) is 9.38 Å². The molecule has 1 N–H and O–H groups in total. The van der Waals surface area contributed by atoms with Crippen molar-refractivity contribution in [2.75, 3.05) is 5.32 Å². The topological polar surface area (TPSA) is 59.5 Å². The standard InChI is InChI=1S/C14H12BrN3O2/c1-8-12(13(15)9(2)20-8)14(19)17-10-3-4-11-16-5-6-18(11)7-10/h3-7H,1-2H3,(H,17,19). The quantitative estimate of drug-likeness (QED) is 0.780. The molecule has 1 amide bonds. The highest BCUT2D eigenvalue weighted by atomic mass is 79.9. The van der Waals surface area contributed by atoms with E-state index in [9.17, 15) is 4.79 Å². The number of carbonyl (C=O) groups is 1. The SMILES string of the molecule is Cc1oc(C)c(C(=O)Nc2ccc3nccn3c2)c1Br. The summed E-state index contributed by atoms with van der Waals surface area (Å²) in [6.07, 6.45) is 5.35. The number of hydrogen-bond donors (Lipinski definition) is 1. The molecular formula is C14H12BrN3O2. The molecule has 3 aromatic rings. The molecule has 20 heavy (non-hydrogen) atoms. The molecule has 0 radical (unpaired) electrons. The van der Waals surface area contributed by atoms with Crippen LogP contribution in [0, 0.1) is 13.8 Å². The zero-order chi connectivity index (χ0) is 14.3. The van der Waals surface area contributed by atoms with Crippen LogP contribution < -0.4 is 5.32 Å². The number of anilines is 1. The highest BCUT2D eigenvalue weighted by Crippen LogP contribution is 2.28. The van der Waals surface area contributed by atoms with E-state index in [0.717, 1.165) is 5.65 Å². The summed E-state index contributed by atoms with van der Waals surface area (Å²) >= 11 is 3.38. The van der Waals surface area contributed by atoms with E-state index in [0.29, 0.717) is 27.2 Å². The number of pyridine rings is 1. The Morgan fingerprint density at radius 3 is 2.85 bits per heavy atom. The number of rotatable bonds is 2. The average molecular weight is 334 g/mol. The lowest BCUT2D eigenvalue weighted by molar-refractivity contribution is 0.102. The number of fused-ring (bicyclic) bond motifs is 1. The second kappa shape index (κ2) is 4.79. The van der Waals surface area contributed by atoms with E-state index >= 15 is 0 Å². The van der Waals surface area contributed by atoms with Crippen LogP contribution in [0.15, 0.2) is 39.6 Å². The number of carbonyl (C=O) groups excluding carboxylic acids is 1. The van der Waals surface area contributed by atoms with Crippen molar-refractivity contribution in [3.8, 4) is 0 Å². The van der Waals surface area contributed by atoms with E-state index in [1.165, 1.54) is 0 Å². The van der Waals surface area contributed by atoms with Crippen molar-refractivity contribution >= 4 is 33.2 Å². The second-order valence-corrected chi connectivity index (χ2v) is 5.26. The molecule has 0 fully saturated rings. The molecule has 0 aromatic carbocycles. The van der Waals surface area contributed by atoms with Gasteiger partial charge >= 0.3 is 0 Å². The molecule has 0 bridgehead atoms. The fourth-order valence-electron chi connectivity index (χ4n) is 2.10. The molecule has 0 atom stereocenters. The van der Waals surface area contributed by atoms with Gasteiger partial charge in [-0.2, -0.15) is 0 Å². The van der Waals surface area contributed by atoms with Crippen LogP contribution in [-0.4, -0.2) is 15.3 Å². The monoisotopic (exact) mass is 333 g/mol. The third-order valence-electron chi connectivity index (χ3n) is 3.06. The molecule has 0 aliphatic heterocycles. The molecule has 3 aromatic heterocycles. The molecule has 0 saturated carbocycles. The van der Waals surface area contributed by atoms with E-state index < -0.39 is 0 Å². The maximum absolute atomic E-state index is 12.3. The number of imidazole rings is 1. The first-order valence-corrected chi connectivity index (χ1v) is 6.85. The lowest BCUT2D eigenvalue weighted by atomic mass is 10.2. The Morgan fingerprint density at radius 1 is 1.35 bits per heavy atom. The Morgan fingerprint density at radius 2 is 2.15 bits per heavy atom. The molecule has 0 aliphatic carbocycles. The lowest BCUT2D eigenvalue weighted by Crippen LogP contribution is -2.13. The first-order chi connectivity index (χ1) is 9.56. The van der Waals surface area contributed by atoms with Gasteiger partial charge in [-0.05, 0) is 41.9 Å². The van der Waals surface area contributed by atoms with E-state index in [1.54, 1.807) is 13.1 Å². The summed E-state index contributed by atoms with van der Waals surface area (Å²) in [4.78, 5) is 16.5. The van der Waals surface area contributed by atoms with Gasteiger partial charge in [0.05, 0.1) is 15.7 Å². The largest absolute Gasteiger partial charge is 0.465 e. The molecule has 6 heteroatoms. The average Bonchev–Trinajstić information content (AvgIpc) is 2.94. The summed E-state index contributed by atoms with van der Waals surface area (Å²) in [7, 11) is 0. The minimum atomic E-state index is -0.203. The number of nitrogens with zero attached hydrogens (tertiary/aromatic N) is 2. The summed E-state index contributed by atoms with van der Waals surface area (Å²) in [6, 6.07) is 3.66. The van der Waals surface area contributed by atoms with Gasteiger partial charge in [0.15, 0.2) is 0 Å².